The average Bonchev–Trinajstić information content (AvgIpc) is 2.68. The molecule has 0 radical (unpaired) electrons. The molecule has 0 saturated carbocycles. The summed E-state index contributed by atoms with van der Waals surface area (Å²) in [5.74, 6) is -0.445. The first kappa shape index (κ1) is 13.8. The van der Waals surface area contributed by atoms with Crippen LogP contribution in [0.25, 0.3) is 11.0 Å². The topological polar surface area (TPSA) is 64.3 Å². The molecule has 0 spiro atoms. The first-order valence-corrected chi connectivity index (χ1v) is 7.76. The predicted molar refractivity (Wildman–Crippen MR) is 74.2 cm³/mol. The van der Waals surface area contributed by atoms with E-state index >= 15 is 0 Å². The number of aryl methyl sites for hydroxylation is 1. The van der Waals surface area contributed by atoms with E-state index in [2.05, 4.69) is 0 Å². The fourth-order valence-corrected chi connectivity index (χ4v) is 2.18. The van der Waals surface area contributed by atoms with E-state index in [1.165, 1.54) is 13.8 Å². The monoisotopic (exact) mass is 280 g/mol. The second-order valence-corrected chi connectivity index (χ2v) is 7.83. The van der Waals surface area contributed by atoms with E-state index in [1.807, 2.05) is 19.1 Å². The fourth-order valence-electron chi connectivity index (χ4n) is 1.74. The Hall–Kier alpha value is -1.62. The molecule has 0 aliphatic heterocycles. The second kappa shape index (κ2) is 4.20. The first-order chi connectivity index (χ1) is 8.63. The van der Waals surface area contributed by atoms with Crippen molar-refractivity contribution in [1.29, 1.82) is 0 Å². The number of hydrogen-bond acceptors (Lipinski definition) is 4. The summed E-state index contributed by atoms with van der Waals surface area (Å²) < 4.78 is 27.3. The summed E-state index contributed by atoms with van der Waals surface area (Å²) >= 11 is 0. The highest BCUT2D eigenvalue weighted by atomic mass is 32.2. The van der Waals surface area contributed by atoms with Gasteiger partial charge in [-0.05, 0) is 39.0 Å². The van der Waals surface area contributed by atoms with Crippen LogP contribution in [-0.4, -0.2) is 25.2 Å². The summed E-state index contributed by atoms with van der Waals surface area (Å²) in [7, 11) is -3.50. The van der Waals surface area contributed by atoms with Crippen molar-refractivity contribution in [2.75, 3.05) is 6.26 Å². The zero-order chi connectivity index (χ0) is 14.4. The number of sulfone groups is 1. The van der Waals surface area contributed by atoms with Crippen molar-refractivity contribution >= 4 is 26.6 Å². The average molecular weight is 280 g/mol. The van der Waals surface area contributed by atoms with Crippen LogP contribution in [0.15, 0.2) is 28.7 Å². The van der Waals surface area contributed by atoms with Crippen LogP contribution in [0, 0.1) is 6.92 Å². The van der Waals surface area contributed by atoms with Crippen LogP contribution in [0.3, 0.4) is 0 Å². The number of carbonyl (C=O) groups excluding carboxylic acids is 1. The van der Waals surface area contributed by atoms with Crippen LogP contribution < -0.4 is 0 Å². The summed E-state index contributed by atoms with van der Waals surface area (Å²) in [5.41, 5.74) is 1.63. The first-order valence-electron chi connectivity index (χ1n) is 5.87. The molecule has 0 unspecified atom stereocenters. The molecule has 0 aliphatic rings. The van der Waals surface area contributed by atoms with E-state index in [9.17, 15) is 13.2 Å². The molecule has 1 aromatic heterocycles. The Labute approximate surface area is 112 Å². The van der Waals surface area contributed by atoms with Crippen molar-refractivity contribution in [3.05, 3.63) is 35.6 Å². The Bertz CT molecular complexity index is 751. The van der Waals surface area contributed by atoms with E-state index in [-0.39, 0.29) is 5.76 Å². The third-order valence-electron chi connectivity index (χ3n) is 3.37. The SMILES string of the molecule is Cc1ccc2oc(C(=O)C(C)(C)S(C)(=O)=O)cc2c1. The van der Waals surface area contributed by atoms with Gasteiger partial charge in [0.15, 0.2) is 15.6 Å². The summed E-state index contributed by atoms with van der Waals surface area (Å²) in [6.45, 7) is 4.72. The molecule has 4 nitrogen and oxygen atoms in total. The molecule has 0 fully saturated rings. The van der Waals surface area contributed by atoms with Crippen LogP contribution in [0.4, 0.5) is 0 Å². The highest BCUT2D eigenvalue weighted by Crippen LogP contribution is 2.26. The quantitative estimate of drug-likeness (QED) is 0.811. The molecule has 0 N–H and O–H groups in total. The normalized spacial score (nSPS) is 12.8. The zero-order valence-electron chi connectivity index (χ0n) is 11.4. The largest absolute Gasteiger partial charge is 0.453 e. The van der Waals surface area contributed by atoms with Gasteiger partial charge in [-0.25, -0.2) is 8.42 Å². The van der Waals surface area contributed by atoms with Gasteiger partial charge in [-0.1, -0.05) is 11.6 Å². The van der Waals surface area contributed by atoms with Crippen molar-refractivity contribution in [3.63, 3.8) is 0 Å². The summed E-state index contributed by atoms with van der Waals surface area (Å²) in [6, 6.07) is 7.14. The number of rotatable bonds is 3. The number of hydrogen-bond donors (Lipinski definition) is 0. The molecule has 1 heterocycles. The zero-order valence-corrected chi connectivity index (χ0v) is 12.2. The molecule has 2 aromatic rings. The molecule has 2 rings (SSSR count). The van der Waals surface area contributed by atoms with Crippen LogP contribution in [0.5, 0.6) is 0 Å². The highest BCUT2D eigenvalue weighted by Gasteiger charge is 2.40. The molecule has 1 aromatic carbocycles. The van der Waals surface area contributed by atoms with Gasteiger partial charge in [-0.3, -0.25) is 4.79 Å². The van der Waals surface area contributed by atoms with Crippen LogP contribution >= 0.6 is 0 Å². The number of ketones is 1. The summed E-state index contributed by atoms with van der Waals surface area (Å²) in [5, 5.41) is 0.799. The minimum atomic E-state index is -3.50. The molecular weight excluding hydrogens is 264 g/mol. The molecule has 5 heteroatoms. The number of benzene rings is 1. The van der Waals surface area contributed by atoms with Crippen molar-refractivity contribution in [2.45, 2.75) is 25.5 Å². The van der Waals surface area contributed by atoms with Gasteiger partial charge in [0.2, 0.25) is 5.78 Å². The van der Waals surface area contributed by atoms with Gasteiger partial charge in [-0.15, -0.1) is 0 Å². The summed E-state index contributed by atoms with van der Waals surface area (Å²) in [6.07, 6.45) is 1.05. The van der Waals surface area contributed by atoms with Gasteiger partial charge in [0.25, 0.3) is 0 Å². The Morgan fingerprint density at radius 1 is 1.21 bits per heavy atom. The van der Waals surface area contributed by atoms with E-state index < -0.39 is 20.4 Å². The van der Waals surface area contributed by atoms with Gasteiger partial charge in [0, 0.05) is 11.6 Å². The van der Waals surface area contributed by atoms with E-state index in [4.69, 9.17) is 4.42 Å². The minimum absolute atomic E-state index is 0.0797. The van der Waals surface area contributed by atoms with Crippen LogP contribution in [-0.2, 0) is 9.84 Å². The fraction of sp³-hybridized carbons (Fsp3) is 0.357. The maximum absolute atomic E-state index is 12.3. The van der Waals surface area contributed by atoms with Crippen LogP contribution in [0.2, 0.25) is 0 Å². The molecule has 0 saturated heterocycles. The number of furan rings is 1. The Kier molecular flexibility index (Phi) is 3.05. The maximum atomic E-state index is 12.3. The molecule has 19 heavy (non-hydrogen) atoms. The van der Waals surface area contributed by atoms with Crippen LogP contribution in [0.1, 0.15) is 30.0 Å². The van der Waals surface area contributed by atoms with E-state index in [0.29, 0.717) is 5.58 Å². The predicted octanol–water partition coefficient (Wildman–Crippen LogP) is 2.75. The molecule has 0 aliphatic carbocycles. The van der Waals surface area contributed by atoms with Gasteiger partial charge in [0.1, 0.15) is 10.3 Å². The highest BCUT2D eigenvalue weighted by molar-refractivity contribution is 7.92. The molecule has 0 atom stereocenters. The van der Waals surface area contributed by atoms with Gasteiger partial charge < -0.3 is 4.42 Å². The standard InChI is InChI=1S/C14H16O4S/c1-9-5-6-11-10(7-9)8-12(18-11)13(15)14(2,3)19(4,16)17/h5-8H,1-4H3. The lowest BCUT2D eigenvalue weighted by Gasteiger charge is -2.18. The van der Waals surface area contributed by atoms with E-state index in [1.54, 1.807) is 12.1 Å². The third kappa shape index (κ3) is 2.30. The molecule has 102 valence electrons. The lowest BCUT2D eigenvalue weighted by molar-refractivity contribution is 0.0928. The lowest BCUT2D eigenvalue weighted by atomic mass is 10.1. The second-order valence-electron chi connectivity index (χ2n) is 5.26. The lowest BCUT2D eigenvalue weighted by Crippen LogP contribution is -2.39. The third-order valence-corrected chi connectivity index (χ3v) is 5.41. The van der Waals surface area contributed by atoms with Crippen molar-refractivity contribution in [1.82, 2.24) is 0 Å². The minimum Gasteiger partial charge on any atom is -0.453 e. The Morgan fingerprint density at radius 3 is 2.42 bits per heavy atom. The van der Waals surface area contributed by atoms with Gasteiger partial charge >= 0.3 is 0 Å². The molecule has 0 amide bonds. The van der Waals surface area contributed by atoms with Gasteiger partial charge in [0.05, 0.1) is 0 Å². The Balaban J connectivity index is 2.54. The molecule has 0 bridgehead atoms. The van der Waals surface area contributed by atoms with Gasteiger partial charge in [-0.2, -0.15) is 0 Å². The van der Waals surface area contributed by atoms with Crippen molar-refractivity contribution < 1.29 is 17.6 Å². The van der Waals surface area contributed by atoms with E-state index in [0.717, 1.165) is 17.2 Å². The maximum Gasteiger partial charge on any atom is 0.218 e. The number of Topliss-reactive ketones (excluding diaryl/α,β-unsaturated/α-hetero) is 1. The molecular formula is C14H16O4S. The van der Waals surface area contributed by atoms with Crippen molar-refractivity contribution in [2.24, 2.45) is 0 Å². The number of carbonyl (C=O) groups is 1. The van der Waals surface area contributed by atoms with Crippen molar-refractivity contribution in [3.8, 4) is 0 Å². The Morgan fingerprint density at radius 2 is 1.84 bits per heavy atom. The summed E-state index contributed by atoms with van der Waals surface area (Å²) in [4.78, 5) is 12.3. The number of fused-ring (bicyclic) bond motifs is 1. The smallest absolute Gasteiger partial charge is 0.218 e.